The van der Waals surface area contributed by atoms with Gasteiger partial charge >= 0.3 is 0 Å². The van der Waals surface area contributed by atoms with Crippen molar-refractivity contribution in [2.24, 2.45) is 5.10 Å². The van der Waals surface area contributed by atoms with Gasteiger partial charge in [0.2, 0.25) is 0 Å². The first-order chi connectivity index (χ1) is 16.2. The minimum atomic E-state index is -0.227. The summed E-state index contributed by atoms with van der Waals surface area (Å²) in [6, 6.07) is 13.4. The highest BCUT2D eigenvalue weighted by molar-refractivity contribution is 7.99. The Morgan fingerprint density at radius 1 is 1.24 bits per heavy atom. The Morgan fingerprint density at radius 2 is 2.09 bits per heavy atom. The molecule has 0 atom stereocenters. The fraction of sp³-hybridized carbons (Fsp3) is 0.174. The number of nitrogens with one attached hydrogen (secondary N) is 1. The number of ether oxygens (including phenoxy) is 1. The summed E-state index contributed by atoms with van der Waals surface area (Å²) in [6.07, 6.45) is 5.10. The molecule has 1 amide bonds. The Balaban J connectivity index is 1.52. The van der Waals surface area contributed by atoms with E-state index in [2.05, 4.69) is 25.7 Å². The Hall–Kier alpha value is -3.50. The van der Waals surface area contributed by atoms with Crippen LogP contribution >= 0.6 is 23.1 Å². The van der Waals surface area contributed by atoms with Crippen molar-refractivity contribution in [3.63, 3.8) is 0 Å². The molecule has 4 rings (SSSR count). The lowest BCUT2D eigenvalue weighted by Gasteiger charge is -2.11. The highest BCUT2D eigenvalue weighted by atomic mass is 32.2. The SMILES string of the molecule is CCOc1ccc(-n2c(SCC(=O)N/N=C/c3sccc3C)nnc2-c2cccnc2)cc1. The zero-order valence-electron chi connectivity index (χ0n) is 18.1. The van der Waals surface area contributed by atoms with Gasteiger partial charge in [-0.15, -0.1) is 21.5 Å². The minimum Gasteiger partial charge on any atom is -0.494 e. The molecule has 0 aliphatic heterocycles. The number of benzene rings is 1. The van der Waals surface area contributed by atoms with Crippen LogP contribution in [0.5, 0.6) is 5.75 Å². The van der Waals surface area contributed by atoms with Crippen LogP contribution in [0.2, 0.25) is 0 Å². The van der Waals surface area contributed by atoms with Crippen LogP contribution in [0.4, 0.5) is 0 Å². The first-order valence-corrected chi connectivity index (χ1v) is 12.1. The van der Waals surface area contributed by atoms with Crippen LogP contribution in [0.3, 0.4) is 0 Å². The average Bonchev–Trinajstić information content (AvgIpc) is 3.45. The Labute approximate surface area is 199 Å². The summed E-state index contributed by atoms with van der Waals surface area (Å²) in [5.41, 5.74) is 5.38. The summed E-state index contributed by atoms with van der Waals surface area (Å²) in [5, 5.41) is 15.3. The number of thiophene rings is 1. The normalized spacial score (nSPS) is 11.1. The largest absolute Gasteiger partial charge is 0.494 e. The fourth-order valence-electron chi connectivity index (χ4n) is 2.98. The number of hydrogen-bond donors (Lipinski definition) is 1. The molecular formula is C23H22N6O2S2. The number of carbonyl (C=O) groups excluding carboxylic acids is 1. The molecule has 3 heterocycles. The number of hydrogen-bond acceptors (Lipinski definition) is 8. The van der Waals surface area contributed by atoms with Crippen LogP contribution in [0, 0.1) is 6.92 Å². The van der Waals surface area contributed by atoms with Gasteiger partial charge in [-0.2, -0.15) is 5.10 Å². The Kier molecular flexibility index (Phi) is 7.48. The van der Waals surface area contributed by atoms with Crippen molar-refractivity contribution in [3.8, 4) is 22.8 Å². The van der Waals surface area contributed by atoms with Crippen molar-refractivity contribution in [3.05, 3.63) is 70.7 Å². The van der Waals surface area contributed by atoms with E-state index in [4.69, 9.17) is 4.74 Å². The number of amides is 1. The van der Waals surface area contributed by atoms with E-state index in [0.29, 0.717) is 17.6 Å². The van der Waals surface area contributed by atoms with Gasteiger partial charge in [0.05, 0.1) is 18.6 Å². The van der Waals surface area contributed by atoms with Crippen LogP contribution in [-0.4, -0.2) is 44.2 Å². The zero-order chi connectivity index (χ0) is 23.0. The lowest BCUT2D eigenvalue weighted by molar-refractivity contribution is -0.118. The van der Waals surface area contributed by atoms with E-state index in [1.54, 1.807) is 29.9 Å². The minimum absolute atomic E-state index is 0.142. The van der Waals surface area contributed by atoms with Gasteiger partial charge in [-0.3, -0.25) is 14.3 Å². The molecule has 0 fully saturated rings. The molecule has 0 saturated carbocycles. The molecule has 0 bridgehead atoms. The van der Waals surface area contributed by atoms with Gasteiger partial charge in [-0.05, 0) is 67.3 Å². The van der Waals surface area contributed by atoms with Crippen molar-refractivity contribution in [1.82, 2.24) is 25.2 Å². The molecule has 1 aromatic carbocycles. The Morgan fingerprint density at radius 3 is 2.79 bits per heavy atom. The van der Waals surface area contributed by atoms with E-state index in [1.807, 2.05) is 66.3 Å². The predicted molar refractivity (Wildman–Crippen MR) is 131 cm³/mol. The third-order valence-electron chi connectivity index (χ3n) is 4.56. The smallest absolute Gasteiger partial charge is 0.250 e. The first-order valence-electron chi connectivity index (χ1n) is 10.2. The number of rotatable bonds is 9. The van der Waals surface area contributed by atoms with Crippen molar-refractivity contribution in [2.45, 2.75) is 19.0 Å². The number of carbonyl (C=O) groups is 1. The van der Waals surface area contributed by atoms with Crippen LogP contribution < -0.4 is 10.2 Å². The van der Waals surface area contributed by atoms with Gasteiger partial charge < -0.3 is 4.74 Å². The molecule has 0 spiro atoms. The van der Waals surface area contributed by atoms with Crippen LogP contribution in [0.1, 0.15) is 17.4 Å². The van der Waals surface area contributed by atoms with E-state index < -0.39 is 0 Å². The third-order valence-corrected chi connectivity index (χ3v) is 6.45. The fourth-order valence-corrected chi connectivity index (χ4v) is 4.51. The Bertz CT molecular complexity index is 1240. The van der Waals surface area contributed by atoms with Gasteiger partial charge in [0.25, 0.3) is 5.91 Å². The lowest BCUT2D eigenvalue weighted by Crippen LogP contribution is -2.20. The van der Waals surface area contributed by atoms with Crippen molar-refractivity contribution in [1.29, 1.82) is 0 Å². The number of nitrogens with zero attached hydrogens (tertiary/aromatic N) is 5. The van der Waals surface area contributed by atoms with Crippen LogP contribution in [0.25, 0.3) is 17.1 Å². The summed E-state index contributed by atoms with van der Waals surface area (Å²) < 4.78 is 7.46. The monoisotopic (exact) mass is 478 g/mol. The van der Waals surface area contributed by atoms with Crippen molar-refractivity contribution in [2.75, 3.05) is 12.4 Å². The highest BCUT2D eigenvalue weighted by Gasteiger charge is 2.17. The number of aryl methyl sites for hydroxylation is 1. The molecule has 0 aliphatic rings. The molecule has 10 heteroatoms. The third kappa shape index (κ3) is 5.65. The summed E-state index contributed by atoms with van der Waals surface area (Å²) in [5.74, 6) is 1.34. The molecule has 0 aliphatic carbocycles. The van der Waals surface area contributed by atoms with E-state index in [9.17, 15) is 4.79 Å². The van der Waals surface area contributed by atoms with E-state index >= 15 is 0 Å². The summed E-state index contributed by atoms with van der Waals surface area (Å²) in [4.78, 5) is 17.5. The molecule has 8 nitrogen and oxygen atoms in total. The maximum absolute atomic E-state index is 12.3. The second-order valence-corrected chi connectivity index (χ2v) is 8.75. The number of aromatic nitrogens is 4. The summed E-state index contributed by atoms with van der Waals surface area (Å²) in [7, 11) is 0. The van der Waals surface area contributed by atoms with Crippen molar-refractivity contribution >= 4 is 35.2 Å². The number of pyridine rings is 1. The van der Waals surface area contributed by atoms with Gasteiger partial charge in [0.15, 0.2) is 11.0 Å². The summed E-state index contributed by atoms with van der Waals surface area (Å²) >= 11 is 2.86. The first kappa shape index (κ1) is 22.7. The average molecular weight is 479 g/mol. The molecule has 0 radical (unpaired) electrons. The predicted octanol–water partition coefficient (Wildman–Crippen LogP) is 4.34. The molecule has 3 aromatic heterocycles. The molecule has 4 aromatic rings. The number of thioether (sulfide) groups is 1. The maximum atomic E-state index is 12.3. The quantitative estimate of drug-likeness (QED) is 0.218. The summed E-state index contributed by atoms with van der Waals surface area (Å²) in [6.45, 7) is 4.54. The molecule has 33 heavy (non-hydrogen) atoms. The molecule has 0 unspecified atom stereocenters. The number of hydrazone groups is 1. The van der Waals surface area contributed by atoms with Gasteiger partial charge in [0.1, 0.15) is 5.75 Å². The topological polar surface area (TPSA) is 94.3 Å². The van der Waals surface area contributed by atoms with Gasteiger partial charge in [0, 0.05) is 28.5 Å². The lowest BCUT2D eigenvalue weighted by atomic mass is 10.2. The van der Waals surface area contributed by atoms with Crippen LogP contribution in [-0.2, 0) is 4.79 Å². The second kappa shape index (κ2) is 10.9. The zero-order valence-corrected chi connectivity index (χ0v) is 19.8. The van der Waals surface area contributed by atoms with Gasteiger partial charge in [-0.25, -0.2) is 5.43 Å². The highest BCUT2D eigenvalue weighted by Crippen LogP contribution is 2.28. The van der Waals surface area contributed by atoms with E-state index in [-0.39, 0.29) is 11.7 Å². The maximum Gasteiger partial charge on any atom is 0.250 e. The van der Waals surface area contributed by atoms with Gasteiger partial charge in [-0.1, -0.05) is 11.8 Å². The van der Waals surface area contributed by atoms with E-state index in [0.717, 1.165) is 27.4 Å². The molecule has 0 saturated heterocycles. The van der Waals surface area contributed by atoms with Crippen molar-refractivity contribution < 1.29 is 9.53 Å². The van der Waals surface area contributed by atoms with Crippen LogP contribution in [0.15, 0.2) is 70.5 Å². The second-order valence-electron chi connectivity index (χ2n) is 6.86. The molecular weight excluding hydrogens is 456 g/mol. The standard InChI is InChI=1S/C23H22N6O2S2/c1-3-31-19-8-6-18(7-9-19)29-22(17-5-4-11-24-13-17)27-28-23(29)33-15-21(30)26-25-14-20-16(2)10-12-32-20/h4-14H,3,15H2,1-2H3,(H,26,30)/b25-14+. The molecule has 168 valence electrons. The van der Waals surface area contributed by atoms with E-state index in [1.165, 1.54) is 11.8 Å². The molecule has 1 N–H and O–H groups in total.